The molecule has 0 aromatic carbocycles. The van der Waals surface area contributed by atoms with E-state index in [2.05, 4.69) is 20.6 Å². The minimum atomic E-state index is -5.08. The van der Waals surface area contributed by atoms with Crippen molar-refractivity contribution < 1.29 is 103 Å². The molecule has 2 rings (SSSR count). The lowest BCUT2D eigenvalue weighted by atomic mass is 9.91. The van der Waals surface area contributed by atoms with Gasteiger partial charge >= 0.3 is 20.8 Å². The zero-order chi connectivity index (χ0) is 43.0. The maximum Gasteiger partial charge on any atom is 0.397 e. The Morgan fingerprint density at radius 3 is 1.77 bits per heavy atom. The van der Waals surface area contributed by atoms with Crippen molar-refractivity contribution in [1.82, 2.24) is 5.32 Å². The van der Waals surface area contributed by atoms with E-state index in [1.165, 1.54) is 6.92 Å². The fourth-order valence-corrected chi connectivity index (χ4v) is 6.70. The van der Waals surface area contributed by atoms with Crippen LogP contribution in [0.5, 0.6) is 0 Å². The molecule has 0 bridgehead atoms. The third-order valence-corrected chi connectivity index (χ3v) is 10.4. The molecule has 10 unspecified atom stereocenters. The molecule has 2 aliphatic heterocycles. The van der Waals surface area contributed by atoms with Crippen molar-refractivity contribution in [3.63, 3.8) is 0 Å². The smallest absolute Gasteiger partial charge is 0.396 e. The van der Waals surface area contributed by atoms with Crippen LogP contribution in [0.4, 0.5) is 0 Å². The summed E-state index contributed by atoms with van der Waals surface area (Å²) in [6.07, 6.45) is -8.58. The number of rotatable bonds is 28. The van der Waals surface area contributed by atoms with E-state index < -0.39 is 158 Å². The molecule has 10 atom stereocenters. The summed E-state index contributed by atoms with van der Waals surface area (Å²) in [7, 11) is -10.1. The van der Waals surface area contributed by atoms with Gasteiger partial charge in [-0.25, -0.2) is 8.37 Å². The third kappa shape index (κ3) is 16.9. The van der Waals surface area contributed by atoms with Crippen molar-refractivity contribution in [2.45, 2.75) is 121 Å². The number of hydrogen-bond donors (Lipinski definition) is 10. The molecular weight excluding hydrogens is 814 g/mol. The number of aliphatic hydroxyl groups excluding tert-OH is 7. The molecule has 0 aromatic rings. The van der Waals surface area contributed by atoms with Crippen LogP contribution in [0, 0.1) is 10.8 Å². The van der Waals surface area contributed by atoms with Crippen LogP contribution in [0.3, 0.4) is 0 Å². The molecule has 2 fully saturated rings. The first kappa shape index (κ1) is 51.8. The molecular formula is C32H61NO22S2. The van der Waals surface area contributed by atoms with Gasteiger partial charge in [0.2, 0.25) is 5.91 Å². The quantitative estimate of drug-likeness (QED) is 0.0273. The standard InChI is InChI=1S/C32H61NO22S2/c1-4-5-6-7-8-9-10-49-29-23(33-21(3)38)28(55-30-26(41)25(40)24(39)20(2)53-30)27(50-17-32(14-36,15-37)19-52-57(45,46)47)22(54-29)11-48-16-31(12-34,13-35)18-51-56(42,43)44/h20,22-30,34-37,39-41H,4-19H2,1-3H3,(H,33,38)(H,42,43,44)(H,45,46,47). The molecule has 1 amide bonds. The number of carbonyl (C=O) groups excluding carboxylic acids is 1. The normalized spacial score (nSPS) is 29.1. The SMILES string of the molecule is CCCCCCCCOC1OC(COCC(CO)(CO)COS(=O)(=O)O)C(OCC(CO)(CO)COS(=O)(=O)O)C(OC2OC(C)C(O)C(O)C2O)C1NC(C)=O. The fraction of sp³-hybridized carbons (Fsp3) is 0.969. The van der Waals surface area contributed by atoms with Crippen LogP contribution in [-0.4, -0.2) is 195 Å². The lowest BCUT2D eigenvalue weighted by Gasteiger charge is -2.49. The Bertz CT molecular complexity index is 1380. The zero-order valence-corrected chi connectivity index (χ0v) is 33.9. The number of amides is 1. The summed E-state index contributed by atoms with van der Waals surface area (Å²) in [5.41, 5.74) is -3.75. The van der Waals surface area contributed by atoms with Crippen LogP contribution in [0.25, 0.3) is 0 Å². The molecule has 0 aromatic heterocycles. The summed E-state index contributed by atoms with van der Waals surface area (Å²) in [6.45, 7) is -2.99. The number of nitrogens with one attached hydrogen (secondary N) is 1. The average Bonchev–Trinajstić information content (AvgIpc) is 3.15. The minimum absolute atomic E-state index is 0.0966. The molecule has 2 heterocycles. The molecule has 2 aliphatic rings. The third-order valence-electron chi connectivity index (χ3n) is 9.54. The summed E-state index contributed by atoms with van der Waals surface area (Å²) in [4.78, 5) is 12.7. The summed E-state index contributed by atoms with van der Waals surface area (Å²) in [5, 5.41) is 75.0. The van der Waals surface area contributed by atoms with Crippen molar-refractivity contribution in [1.29, 1.82) is 0 Å². The van der Waals surface area contributed by atoms with Crippen molar-refractivity contribution >= 4 is 26.7 Å². The molecule has 23 nitrogen and oxygen atoms in total. The molecule has 57 heavy (non-hydrogen) atoms. The largest absolute Gasteiger partial charge is 0.397 e. The van der Waals surface area contributed by atoms with Crippen molar-refractivity contribution in [3.8, 4) is 0 Å². The molecule has 25 heteroatoms. The number of carbonyl (C=O) groups is 1. The topological polar surface area (TPSA) is 353 Å². The Labute approximate surface area is 332 Å². The second kappa shape index (κ2) is 24.2. The number of hydrogen-bond acceptors (Lipinski definition) is 20. The van der Waals surface area contributed by atoms with Crippen LogP contribution < -0.4 is 5.32 Å². The first-order chi connectivity index (χ1) is 26.7. The molecule has 0 aliphatic carbocycles. The Hall–Kier alpha value is -1.31. The van der Waals surface area contributed by atoms with E-state index in [0.717, 1.165) is 39.0 Å². The van der Waals surface area contributed by atoms with E-state index in [1.54, 1.807) is 0 Å². The Balaban J connectivity index is 2.62. The van der Waals surface area contributed by atoms with Gasteiger partial charge < -0.3 is 69.5 Å². The number of ether oxygens (including phenoxy) is 6. The van der Waals surface area contributed by atoms with E-state index in [1.807, 2.05) is 0 Å². The molecule has 0 saturated carbocycles. The highest BCUT2D eigenvalue weighted by molar-refractivity contribution is 7.81. The van der Waals surface area contributed by atoms with Gasteiger partial charge in [0.25, 0.3) is 0 Å². The fourth-order valence-electron chi connectivity index (χ4n) is 5.91. The average molecular weight is 876 g/mol. The van der Waals surface area contributed by atoms with Crippen molar-refractivity contribution in [3.05, 3.63) is 0 Å². The lowest BCUT2D eigenvalue weighted by molar-refractivity contribution is -0.347. The zero-order valence-electron chi connectivity index (χ0n) is 32.2. The number of aliphatic hydroxyl groups is 7. The second-order valence-electron chi connectivity index (χ2n) is 14.5. The summed E-state index contributed by atoms with van der Waals surface area (Å²) in [6, 6.07) is -1.33. The summed E-state index contributed by atoms with van der Waals surface area (Å²) >= 11 is 0. The Morgan fingerprint density at radius 2 is 1.25 bits per heavy atom. The Morgan fingerprint density at radius 1 is 0.702 bits per heavy atom. The predicted octanol–water partition coefficient (Wildman–Crippen LogP) is -3.21. The van der Waals surface area contributed by atoms with E-state index in [0.29, 0.717) is 6.42 Å². The van der Waals surface area contributed by atoms with Gasteiger partial charge in [-0.2, -0.15) is 16.8 Å². The van der Waals surface area contributed by atoms with Gasteiger partial charge in [-0.15, -0.1) is 0 Å². The number of unbranched alkanes of at least 4 members (excludes halogenated alkanes) is 5. The predicted molar refractivity (Wildman–Crippen MR) is 192 cm³/mol. The highest BCUT2D eigenvalue weighted by atomic mass is 32.3. The van der Waals surface area contributed by atoms with Gasteiger partial charge in [-0.05, 0) is 13.3 Å². The monoisotopic (exact) mass is 875 g/mol. The Kier molecular flexibility index (Phi) is 22.0. The van der Waals surface area contributed by atoms with E-state index in [-0.39, 0.29) is 6.61 Å². The van der Waals surface area contributed by atoms with Crippen LogP contribution in [-0.2, 0) is 62.4 Å². The first-order valence-electron chi connectivity index (χ1n) is 18.5. The first-order valence-corrected chi connectivity index (χ1v) is 21.2. The van der Waals surface area contributed by atoms with Crippen LogP contribution in [0.15, 0.2) is 0 Å². The van der Waals surface area contributed by atoms with Gasteiger partial charge in [-0.1, -0.05) is 39.0 Å². The van der Waals surface area contributed by atoms with Gasteiger partial charge in [-0.3, -0.25) is 13.9 Å². The molecule has 338 valence electrons. The van der Waals surface area contributed by atoms with Gasteiger partial charge in [0.05, 0.1) is 76.4 Å². The van der Waals surface area contributed by atoms with E-state index in [4.69, 9.17) is 33.0 Å². The summed E-state index contributed by atoms with van der Waals surface area (Å²) in [5.74, 6) is -0.635. The van der Waals surface area contributed by atoms with Crippen molar-refractivity contribution in [2.75, 3.05) is 66.1 Å². The molecule has 2 saturated heterocycles. The summed E-state index contributed by atoms with van der Waals surface area (Å²) < 4.78 is 109. The molecule has 0 radical (unpaired) electrons. The van der Waals surface area contributed by atoms with Crippen LogP contribution in [0.1, 0.15) is 59.3 Å². The maximum absolute atomic E-state index is 12.7. The lowest BCUT2D eigenvalue weighted by Crippen LogP contribution is -2.68. The molecule has 10 N–H and O–H groups in total. The van der Waals surface area contributed by atoms with Gasteiger partial charge in [0.15, 0.2) is 12.6 Å². The van der Waals surface area contributed by atoms with Crippen molar-refractivity contribution in [2.24, 2.45) is 10.8 Å². The second-order valence-corrected chi connectivity index (χ2v) is 16.7. The van der Waals surface area contributed by atoms with Crippen LogP contribution >= 0.6 is 0 Å². The highest BCUT2D eigenvalue weighted by Crippen LogP contribution is 2.33. The molecule has 0 spiro atoms. The van der Waals surface area contributed by atoms with Gasteiger partial charge in [0.1, 0.15) is 42.7 Å². The minimum Gasteiger partial charge on any atom is -0.396 e. The van der Waals surface area contributed by atoms with Crippen LogP contribution in [0.2, 0.25) is 0 Å². The highest BCUT2D eigenvalue weighted by Gasteiger charge is 2.53. The van der Waals surface area contributed by atoms with E-state index in [9.17, 15) is 61.9 Å². The van der Waals surface area contributed by atoms with Gasteiger partial charge in [0, 0.05) is 13.5 Å². The maximum atomic E-state index is 12.7. The van der Waals surface area contributed by atoms with E-state index >= 15 is 0 Å².